The van der Waals surface area contributed by atoms with Gasteiger partial charge in [-0.3, -0.25) is 0 Å². The van der Waals surface area contributed by atoms with Gasteiger partial charge in [-0.15, -0.1) is 11.3 Å². The van der Waals surface area contributed by atoms with E-state index in [-0.39, 0.29) is 0 Å². The van der Waals surface area contributed by atoms with Gasteiger partial charge in [0.1, 0.15) is 0 Å². The second kappa shape index (κ2) is 5.93. The number of pyridine rings is 1. The highest BCUT2D eigenvalue weighted by Gasteiger charge is 2.03. The lowest BCUT2D eigenvalue weighted by Gasteiger charge is -2.07. The maximum absolute atomic E-state index is 5.67. The predicted molar refractivity (Wildman–Crippen MR) is 72.9 cm³/mol. The molecule has 2 N–H and O–H groups in total. The van der Waals surface area contributed by atoms with E-state index in [1.54, 1.807) is 11.3 Å². The van der Waals surface area contributed by atoms with Crippen LogP contribution in [0, 0.1) is 13.8 Å². The largest absolute Gasteiger partial charge is 0.477 e. The molecule has 2 rings (SSSR count). The van der Waals surface area contributed by atoms with E-state index in [0.717, 1.165) is 23.4 Å². The molecule has 0 aliphatic rings. The Morgan fingerprint density at radius 3 is 2.83 bits per heavy atom. The lowest BCUT2D eigenvalue weighted by atomic mass is 10.2. The summed E-state index contributed by atoms with van der Waals surface area (Å²) >= 11 is 1.66. The van der Waals surface area contributed by atoms with E-state index >= 15 is 0 Å². The van der Waals surface area contributed by atoms with Crippen LogP contribution in [-0.2, 0) is 13.0 Å². The topological polar surface area (TPSA) is 61.0 Å². The van der Waals surface area contributed by atoms with Crippen LogP contribution < -0.4 is 10.5 Å². The minimum atomic E-state index is 0.508. The van der Waals surface area contributed by atoms with Crippen LogP contribution in [0.25, 0.3) is 0 Å². The molecule has 0 atom stereocenters. The highest BCUT2D eigenvalue weighted by atomic mass is 32.1. The quantitative estimate of drug-likeness (QED) is 0.898. The van der Waals surface area contributed by atoms with Crippen molar-refractivity contribution in [2.75, 3.05) is 6.61 Å². The Labute approximate surface area is 111 Å². The highest BCUT2D eigenvalue weighted by molar-refractivity contribution is 7.09. The first-order valence-electron chi connectivity index (χ1n) is 5.88. The molecule has 18 heavy (non-hydrogen) atoms. The Hall–Kier alpha value is -1.46. The van der Waals surface area contributed by atoms with Gasteiger partial charge in [-0.2, -0.15) is 0 Å². The number of aromatic nitrogens is 2. The third-order valence-corrected chi connectivity index (χ3v) is 3.64. The maximum Gasteiger partial charge on any atom is 0.213 e. The number of rotatable bonds is 5. The van der Waals surface area contributed by atoms with Gasteiger partial charge in [-0.1, -0.05) is 0 Å². The number of hydrogen-bond acceptors (Lipinski definition) is 5. The molecule has 0 bridgehead atoms. The lowest BCUT2D eigenvalue weighted by molar-refractivity contribution is 0.309. The van der Waals surface area contributed by atoms with Crippen LogP contribution in [0.15, 0.2) is 17.6 Å². The smallest absolute Gasteiger partial charge is 0.213 e. The molecule has 0 amide bonds. The number of thiazole rings is 1. The summed E-state index contributed by atoms with van der Waals surface area (Å²) in [7, 11) is 0. The van der Waals surface area contributed by atoms with Gasteiger partial charge in [-0.05, 0) is 25.5 Å². The van der Waals surface area contributed by atoms with Gasteiger partial charge >= 0.3 is 0 Å². The summed E-state index contributed by atoms with van der Waals surface area (Å²) in [5, 5.41) is 0. The summed E-state index contributed by atoms with van der Waals surface area (Å²) in [6, 6.07) is 3.87. The Bertz CT molecular complexity index is 525. The van der Waals surface area contributed by atoms with E-state index in [4.69, 9.17) is 10.5 Å². The zero-order chi connectivity index (χ0) is 13.0. The van der Waals surface area contributed by atoms with E-state index in [1.165, 1.54) is 4.88 Å². The van der Waals surface area contributed by atoms with Crippen molar-refractivity contribution in [2.45, 2.75) is 26.8 Å². The number of aryl methyl sites for hydroxylation is 2. The Balaban J connectivity index is 1.94. The summed E-state index contributed by atoms with van der Waals surface area (Å²) < 4.78 is 5.67. The van der Waals surface area contributed by atoms with Crippen LogP contribution in [0.2, 0.25) is 0 Å². The van der Waals surface area contributed by atoms with Crippen molar-refractivity contribution in [2.24, 2.45) is 5.73 Å². The van der Waals surface area contributed by atoms with Crippen molar-refractivity contribution in [3.8, 4) is 5.88 Å². The molecule has 0 aromatic carbocycles. The lowest BCUT2D eigenvalue weighted by Crippen LogP contribution is -2.05. The van der Waals surface area contributed by atoms with E-state index in [9.17, 15) is 0 Å². The predicted octanol–water partition coefficient (Wildman–Crippen LogP) is 2.24. The molecule has 96 valence electrons. The molecule has 5 heteroatoms. The van der Waals surface area contributed by atoms with E-state index in [1.807, 2.05) is 31.5 Å². The van der Waals surface area contributed by atoms with Gasteiger partial charge in [0.25, 0.3) is 0 Å². The molecule has 0 aliphatic heterocycles. The SMILES string of the molecule is Cc1cc(CN)cc(OCCc2scnc2C)n1. The van der Waals surface area contributed by atoms with Crippen molar-refractivity contribution in [1.29, 1.82) is 0 Å². The minimum Gasteiger partial charge on any atom is -0.477 e. The summed E-state index contributed by atoms with van der Waals surface area (Å²) in [6.07, 6.45) is 0.865. The number of hydrogen-bond donors (Lipinski definition) is 1. The third-order valence-electron chi connectivity index (χ3n) is 2.65. The monoisotopic (exact) mass is 263 g/mol. The van der Waals surface area contributed by atoms with Gasteiger partial charge in [0, 0.05) is 29.6 Å². The second-order valence-corrected chi connectivity index (χ2v) is 5.06. The first-order valence-corrected chi connectivity index (χ1v) is 6.76. The maximum atomic E-state index is 5.67. The molecule has 0 aliphatic carbocycles. The summed E-state index contributed by atoms with van der Waals surface area (Å²) in [5.74, 6) is 0.651. The second-order valence-electron chi connectivity index (χ2n) is 4.12. The van der Waals surface area contributed by atoms with E-state index in [2.05, 4.69) is 9.97 Å². The first kappa shape index (κ1) is 13.0. The molecule has 2 aromatic rings. The molecule has 0 radical (unpaired) electrons. The van der Waals surface area contributed by atoms with Gasteiger partial charge in [0.2, 0.25) is 5.88 Å². The molecule has 2 aromatic heterocycles. The molecule has 0 spiro atoms. The molecule has 2 heterocycles. The zero-order valence-electron chi connectivity index (χ0n) is 10.6. The first-order chi connectivity index (χ1) is 8.69. The van der Waals surface area contributed by atoms with Crippen molar-refractivity contribution in [3.63, 3.8) is 0 Å². The Morgan fingerprint density at radius 1 is 1.33 bits per heavy atom. The normalized spacial score (nSPS) is 10.6. The molecule has 0 unspecified atom stereocenters. The van der Waals surface area contributed by atoms with Crippen LogP contribution in [0.5, 0.6) is 5.88 Å². The molecule has 0 fully saturated rings. The molecule has 0 saturated carbocycles. The summed E-state index contributed by atoms with van der Waals surface area (Å²) in [5.41, 5.74) is 10.6. The third kappa shape index (κ3) is 3.27. The Kier molecular flexibility index (Phi) is 4.28. The molecule has 0 saturated heterocycles. The van der Waals surface area contributed by atoms with Gasteiger partial charge in [0.15, 0.2) is 0 Å². The van der Waals surface area contributed by atoms with Crippen molar-refractivity contribution >= 4 is 11.3 Å². The fourth-order valence-corrected chi connectivity index (χ4v) is 2.48. The molecular weight excluding hydrogens is 246 g/mol. The van der Waals surface area contributed by atoms with E-state index in [0.29, 0.717) is 19.0 Å². The summed E-state index contributed by atoms with van der Waals surface area (Å²) in [6.45, 7) is 5.08. The van der Waals surface area contributed by atoms with Crippen molar-refractivity contribution in [3.05, 3.63) is 39.5 Å². The summed E-state index contributed by atoms with van der Waals surface area (Å²) in [4.78, 5) is 9.81. The van der Waals surface area contributed by atoms with Gasteiger partial charge in [-0.25, -0.2) is 9.97 Å². The fourth-order valence-electron chi connectivity index (χ4n) is 1.71. The van der Waals surface area contributed by atoms with Gasteiger partial charge < -0.3 is 10.5 Å². The van der Waals surface area contributed by atoms with Crippen molar-refractivity contribution < 1.29 is 4.74 Å². The minimum absolute atomic E-state index is 0.508. The number of nitrogens with zero attached hydrogens (tertiary/aromatic N) is 2. The fraction of sp³-hybridized carbons (Fsp3) is 0.385. The molecule has 4 nitrogen and oxygen atoms in total. The molecular formula is C13H17N3OS. The average Bonchev–Trinajstić information content (AvgIpc) is 2.74. The van der Waals surface area contributed by atoms with Gasteiger partial charge in [0.05, 0.1) is 17.8 Å². The van der Waals surface area contributed by atoms with Crippen LogP contribution in [0.3, 0.4) is 0 Å². The standard InChI is InChI=1S/C13H17N3OS/c1-9-5-11(7-14)6-13(16-9)17-4-3-12-10(2)15-8-18-12/h5-6,8H,3-4,7,14H2,1-2H3. The van der Waals surface area contributed by atoms with Crippen LogP contribution in [-0.4, -0.2) is 16.6 Å². The van der Waals surface area contributed by atoms with Crippen LogP contribution in [0.4, 0.5) is 0 Å². The van der Waals surface area contributed by atoms with Crippen LogP contribution in [0.1, 0.15) is 21.8 Å². The highest BCUT2D eigenvalue weighted by Crippen LogP contribution is 2.15. The Morgan fingerprint density at radius 2 is 2.17 bits per heavy atom. The zero-order valence-corrected chi connectivity index (χ0v) is 11.5. The average molecular weight is 263 g/mol. The van der Waals surface area contributed by atoms with Crippen molar-refractivity contribution in [1.82, 2.24) is 9.97 Å². The number of ether oxygens (including phenoxy) is 1. The number of nitrogens with two attached hydrogens (primary N) is 1. The van der Waals surface area contributed by atoms with Crippen LogP contribution >= 0.6 is 11.3 Å². The van der Waals surface area contributed by atoms with E-state index < -0.39 is 0 Å².